The molecule has 0 radical (unpaired) electrons. The van der Waals surface area contributed by atoms with Crippen molar-refractivity contribution in [3.05, 3.63) is 29.1 Å². The molecular formula is C15H13F3N2O5. The zero-order valence-electron chi connectivity index (χ0n) is 13.1. The maximum Gasteiger partial charge on any atom is 0.417 e. The van der Waals surface area contributed by atoms with Crippen LogP contribution < -0.4 is 4.74 Å². The Kier molecular flexibility index (Phi) is 4.27. The first-order valence-corrected chi connectivity index (χ1v) is 7.31. The Morgan fingerprint density at radius 3 is 2.52 bits per heavy atom. The van der Waals surface area contributed by atoms with Crippen molar-refractivity contribution in [2.24, 2.45) is 5.92 Å². The van der Waals surface area contributed by atoms with Gasteiger partial charge in [0.05, 0.1) is 12.7 Å². The second kappa shape index (κ2) is 6.26. The number of nitrogens with zero attached hydrogens (tertiary/aromatic N) is 2. The molecule has 2 saturated heterocycles. The van der Waals surface area contributed by atoms with Gasteiger partial charge in [-0.3, -0.25) is 9.59 Å². The van der Waals surface area contributed by atoms with Gasteiger partial charge in [0, 0.05) is 25.6 Å². The van der Waals surface area contributed by atoms with Crippen LogP contribution in [-0.2, 0) is 9.53 Å². The van der Waals surface area contributed by atoms with Gasteiger partial charge in [-0.15, -0.1) is 0 Å². The van der Waals surface area contributed by atoms with Crippen LogP contribution in [0.25, 0.3) is 0 Å². The van der Waals surface area contributed by atoms with Crippen molar-refractivity contribution in [2.45, 2.75) is 0 Å². The lowest BCUT2D eigenvalue weighted by molar-refractivity contribution is -0.126. The van der Waals surface area contributed by atoms with Gasteiger partial charge < -0.3 is 14.4 Å². The highest BCUT2D eigenvalue weighted by atomic mass is 19.2. The molecule has 0 atom stereocenters. The minimum absolute atomic E-state index is 0.0744. The number of hydrogen-bond acceptors (Lipinski definition) is 5. The van der Waals surface area contributed by atoms with E-state index in [9.17, 15) is 27.6 Å². The number of hydrogen-bond donors (Lipinski definition) is 0. The van der Waals surface area contributed by atoms with Gasteiger partial charge in [0.1, 0.15) is 0 Å². The van der Waals surface area contributed by atoms with Crippen molar-refractivity contribution in [3.63, 3.8) is 0 Å². The molecule has 0 aromatic heterocycles. The molecule has 3 amide bonds. The molecule has 0 spiro atoms. The fraction of sp³-hybridized carbons (Fsp3) is 0.400. The molecule has 25 heavy (non-hydrogen) atoms. The van der Waals surface area contributed by atoms with Crippen LogP contribution >= 0.6 is 0 Å². The molecule has 0 unspecified atom stereocenters. The highest BCUT2D eigenvalue weighted by Gasteiger charge is 2.39. The number of amides is 3. The molecule has 0 bridgehead atoms. The zero-order chi connectivity index (χ0) is 18.3. The van der Waals surface area contributed by atoms with Crippen LogP contribution in [-0.4, -0.2) is 61.1 Å². The van der Waals surface area contributed by atoms with Crippen LogP contribution in [0.4, 0.5) is 18.0 Å². The van der Waals surface area contributed by atoms with Crippen molar-refractivity contribution < 1.29 is 37.0 Å². The summed E-state index contributed by atoms with van der Waals surface area (Å²) in [6, 6.07) is 0.476. The first-order chi connectivity index (χ1) is 11.8. The standard InChI is InChI=1S/C15H13F3N2O5/c1-24-13-11(17)8(2-9(16)12(13)18)14(22)19-3-7(4-19)5-20-10(21)6-25-15(20)23/h2,7H,3-6H2,1H3. The van der Waals surface area contributed by atoms with Crippen LogP contribution in [0.1, 0.15) is 10.4 Å². The zero-order valence-corrected chi connectivity index (χ0v) is 13.1. The number of likely N-dealkylation sites (tertiary alicyclic amines) is 1. The molecule has 134 valence electrons. The third-order valence-electron chi connectivity index (χ3n) is 4.08. The quantitative estimate of drug-likeness (QED) is 0.755. The van der Waals surface area contributed by atoms with Crippen molar-refractivity contribution in [1.29, 1.82) is 0 Å². The van der Waals surface area contributed by atoms with E-state index in [0.717, 1.165) is 12.0 Å². The summed E-state index contributed by atoms with van der Waals surface area (Å²) in [5.41, 5.74) is -0.647. The third-order valence-corrected chi connectivity index (χ3v) is 4.08. The van der Waals surface area contributed by atoms with Crippen LogP contribution in [0.5, 0.6) is 5.75 Å². The van der Waals surface area contributed by atoms with E-state index in [1.807, 2.05) is 0 Å². The fourth-order valence-electron chi connectivity index (χ4n) is 2.75. The van der Waals surface area contributed by atoms with Crippen molar-refractivity contribution in [2.75, 3.05) is 33.4 Å². The molecule has 2 aliphatic heterocycles. The Labute approximate surface area is 139 Å². The van der Waals surface area contributed by atoms with E-state index in [1.165, 1.54) is 4.90 Å². The number of carbonyl (C=O) groups excluding carboxylic acids is 3. The molecule has 1 aromatic rings. The second-order valence-electron chi connectivity index (χ2n) is 5.70. The number of rotatable bonds is 4. The molecule has 7 nitrogen and oxygen atoms in total. The molecule has 2 aliphatic rings. The van der Waals surface area contributed by atoms with Crippen LogP contribution in [0.15, 0.2) is 6.07 Å². The van der Waals surface area contributed by atoms with Gasteiger partial charge in [-0.25, -0.2) is 18.5 Å². The Morgan fingerprint density at radius 1 is 1.28 bits per heavy atom. The summed E-state index contributed by atoms with van der Waals surface area (Å²) in [5.74, 6) is -6.66. The normalized spacial score (nSPS) is 17.6. The molecular weight excluding hydrogens is 345 g/mol. The number of methoxy groups -OCH3 is 1. The van der Waals surface area contributed by atoms with Gasteiger partial charge >= 0.3 is 6.09 Å². The van der Waals surface area contributed by atoms with Crippen LogP contribution in [0.2, 0.25) is 0 Å². The average Bonchev–Trinajstić information content (AvgIpc) is 2.85. The number of ether oxygens (including phenoxy) is 2. The first-order valence-electron chi connectivity index (χ1n) is 7.31. The van der Waals surface area contributed by atoms with Gasteiger partial charge in [-0.1, -0.05) is 0 Å². The van der Waals surface area contributed by atoms with Gasteiger partial charge in [0.2, 0.25) is 5.82 Å². The van der Waals surface area contributed by atoms with Gasteiger partial charge in [-0.2, -0.15) is 4.39 Å². The second-order valence-corrected chi connectivity index (χ2v) is 5.70. The number of imide groups is 1. The number of carbonyl (C=O) groups is 3. The van der Waals surface area contributed by atoms with Crippen molar-refractivity contribution in [1.82, 2.24) is 9.80 Å². The molecule has 0 N–H and O–H groups in total. The highest BCUT2D eigenvalue weighted by molar-refractivity contribution is 5.98. The van der Waals surface area contributed by atoms with Gasteiger partial charge in [0.15, 0.2) is 24.0 Å². The first kappa shape index (κ1) is 17.1. The van der Waals surface area contributed by atoms with E-state index in [4.69, 9.17) is 0 Å². The predicted molar refractivity (Wildman–Crippen MR) is 75.3 cm³/mol. The smallest absolute Gasteiger partial charge is 0.417 e. The van der Waals surface area contributed by atoms with E-state index in [0.29, 0.717) is 6.07 Å². The SMILES string of the molecule is COc1c(F)c(F)cc(C(=O)N2CC(CN3C(=O)COC3=O)C2)c1F. The van der Waals surface area contributed by atoms with E-state index in [-0.39, 0.29) is 32.2 Å². The van der Waals surface area contributed by atoms with Gasteiger partial charge in [-0.05, 0) is 6.07 Å². The van der Waals surface area contributed by atoms with Crippen molar-refractivity contribution >= 4 is 17.9 Å². The molecule has 2 heterocycles. The maximum atomic E-state index is 14.1. The minimum atomic E-state index is -1.51. The Bertz CT molecular complexity index is 748. The average molecular weight is 358 g/mol. The predicted octanol–water partition coefficient (Wildman–Crippen LogP) is 1.16. The van der Waals surface area contributed by atoms with E-state index in [2.05, 4.69) is 9.47 Å². The fourth-order valence-corrected chi connectivity index (χ4v) is 2.75. The largest absolute Gasteiger partial charge is 0.491 e. The summed E-state index contributed by atoms with van der Waals surface area (Å²) in [5, 5.41) is 0. The highest BCUT2D eigenvalue weighted by Crippen LogP contribution is 2.29. The molecule has 0 aliphatic carbocycles. The summed E-state index contributed by atoms with van der Waals surface area (Å²) in [6.07, 6.45) is -0.744. The lowest BCUT2D eigenvalue weighted by Crippen LogP contribution is -2.54. The number of halogens is 3. The summed E-state index contributed by atoms with van der Waals surface area (Å²) in [4.78, 5) is 37.2. The third kappa shape index (κ3) is 2.87. The molecule has 3 rings (SSSR count). The van der Waals surface area contributed by atoms with Gasteiger partial charge in [0.25, 0.3) is 11.8 Å². The molecule has 1 aromatic carbocycles. The maximum absolute atomic E-state index is 14.1. The summed E-state index contributed by atoms with van der Waals surface area (Å²) in [7, 11) is 0.959. The topological polar surface area (TPSA) is 76.2 Å². The molecule has 2 fully saturated rings. The van der Waals surface area contributed by atoms with Crippen molar-refractivity contribution in [3.8, 4) is 5.75 Å². The van der Waals surface area contributed by atoms with E-state index >= 15 is 0 Å². The minimum Gasteiger partial charge on any atom is -0.491 e. The summed E-state index contributed by atoms with van der Waals surface area (Å²) < 4.78 is 50.1. The molecule has 0 saturated carbocycles. The Morgan fingerprint density at radius 2 is 1.96 bits per heavy atom. The van der Waals surface area contributed by atoms with Crippen LogP contribution in [0.3, 0.4) is 0 Å². The number of cyclic esters (lactones) is 1. The monoisotopic (exact) mass is 358 g/mol. The van der Waals surface area contributed by atoms with E-state index in [1.54, 1.807) is 0 Å². The Balaban J connectivity index is 1.67. The lowest BCUT2D eigenvalue weighted by Gasteiger charge is -2.40. The number of benzene rings is 1. The molecule has 10 heteroatoms. The lowest BCUT2D eigenvalue weighted by atomic mass is 9.98. The van der Waals surface area contributed by atoms with Crippen LogP contribution in [0, 0.1) is 23.4 Å². The van der Waals surface area contributed by atoms with E-state index < -0.39 is 46.7 Å². The Hall–Kier alpha value is -2.78. The summed E-state index contributed by atoms with van der Waals surface area (Å²) >= 11 is 0. The summed E-state index contributed by atoms with van der Waals surface area (Å²) in [6.45, 7) is 0.0341.